The van der Waals surface area contributed by atoms with Crippen LogP contribution < -0.4 is 10.2 Å². The molecule has 5 heteroatoms. The highest BCUT2D eigenvalue weighted by Crippen LogP contribution is 2.45. The molecule has 22 heavy (non-hydrogen) atoms. The third kappa shape index (κ3) is 1.65. The van der Waals surface area contributed by atoms with Gasteiger partial charge < -0.3 is 0 Å². The molecule has 0 radical (unpaired) electrons. The average Bonchev–Trinajstić information content (AvgIpc) is 3.00. The molecule has 1 unspecified atom stereocenters. The zero-order valence-corrected chi connectivity index (χ0v) is 13.0. The summed E-state index contributed by atoms with van der Waals surface area (Å²) >= 11 is 6.25. The largest absolute Gasteiger partial charge is 0.326 e. The van der Waals surface area contributed by atoms with E-state index < -0.39 is 5.66 Å². The minimum atomic E-state index is -0.634. The predicted octanol–water partition coefficient (Wildman–Crippen LogP) is 3.02. The molecule has 112 valence electrons. The predicted molar refractivity (Wildman–Crippen MR) is 87.2 cm³/mol. The van der Waals surface area contributed by atoms with Crippen molar-refractivity contribution in [3.8, 4) is 0 Å². The van der Waals surface area contributed by atoms with Crippen LogP contribution in [0.2, 0.25) is 5.02 Å². The lowest BCUT2D eigenvalue weighted by atomic mass is 9.87. The van der Waals surface area contributed by atoms with Gasteiger partial charge in [0.1, 0.15) is 5.66 Å². The Morgan fingerprint density at radius 3 is 2.73 bits per heavy atom. The number of benzene rings is 2. The topological polar surface area (TPSA) is 35.6 Å². The molecule has 2 heterocycles. The number of rotatable bonds is 1. The van der Waals surface area contributed by atoms with Crippen LogP contribution in [-0.2, 0) is 5.66 Å². The Balaban J connectivity index is 2.05. The lowest BCUT2D eigenvalue weighted by Gasteiger charge is -2.46. The number of hydrogen-bond donors (Lipinski definition) is 1. The van der Waals surface area contributed by atoms with Crippen LogP contribution in [0.5, 0.6) is 0 Å². The molecular weight excluding hydrogens is 298 g/mol. The standard InChI is InChI=1S/C17H16ClN3O/c1-20-15-8-7-13(18)11-14(15)17(12-5-3-2-4-6-12)19-9-10-21(17)16(20)22/h2-8,11,19H,9-10H2,1H3. The van der Waals surface area contributed by atoms with Crippen molar-refractivity contribution in [1.29, 1.82) is 0 Å². The third-order valence-electron chi connectivity index (χ3n) is 4.54. The third-order valence-corrected chi connectivity index (χ3v) is 4.78. The van der Waals surface area contributed by atoms with E-state index in [4.69, 9.17) is 11.6 Å². The van der Waals surface area contributed by atoms with Gasteiger partial charge >= 0.3 is 6.03 Å². The highest BCUT2D eigenvalue weighted by atomic mass is 35.5. The fourth-order valence-electron chi connectivity index (χ4n) is 3.56. The number of fused-ring (bicyclic) bond motifs is 3. The summed E-state index contributed by atoms with van der Waals surface area (Å²) in [6.45, 7) is 1.42. The number of amides is 2. The average molecular weight is 314 g/mol. The molecule has 1 fully saturated rings. The number of carbonyl (C=O) groups is 1. The summed E-state index contributed by atoms with van der Waals surface area (Å²) in [6, 6.07) is 15.8. The first-order valence-corrected chi connectivity index (χ1v) is 7.68. The van der Waals surface area contributed by atoms with Crippen LogP contribution in [-0.4, -0.2) is 31.1 Å². The van der Waals surface area contributed by atoms with Gasteiger partial charge in [-0.3, -0.25) is 15.1 Å². The second kappa shape index (κ2) is 4.73. The molecule has 1 atom stereocenters. The molecule has 4 nitrogen and oxygen atoms in total. The molecule has 1 saturated heterocycles. The molecule has 0 aliphatic carbocycles. The molecular formula is C17H16ClN3O. The quantitative estimate of drug-likeness (QED) is 0.878. The minimum Gasteiger partial charge on any atom is -0.297 e. The first-order valence-electron chi connectivity index (χ1n) is 7.30. The van der Waals surface area contributed by atoms with E-state index in [9.17, 15) is 4.79 Å². The summed E-state index contributed by atoms with van der Waals surface area (Å²) in [5, 5.41) is 4.21. The zero-order valence-electron chi connectivity index (χ0n) is 12.2. The number of carbonyl (C=O) groups excluding carboxylic acids is 1. The van der Waals surface area contributed by atoms with Crippen molar-refractivity contribution in [2.45, 2.75) is 5.66 Å². The van der Waals surface area contributed by atoms with Crippen LogP contribution in [0.15, 0.2) is 48.5 Å². The molecule has 2 aromatic carbocycles. The molecule has 0 aromatic heterocycles. The van der Waals surface area contributed by atoms with E-state index in [0.717, 1.165) is 23.4 Å². The zero-order chi connectivity index (χ0) is 15.3. The molecule has 2 aliphatic heterocycles. The molecule has 0 saturated carbocycles. The summed E-state index contributed by atoms with van der Waals surface area (Å²) < 4.78 is 0. The van der Waals surface area contributed by atoms with Gasteiger partial charge in [-0.05, 0) is 23.8 Å². The van der Waals surface area contributed by atoms with Gasteiger partial charge in [0.25, 0.3) is 0 Å². The van der Waals surface area contributed by atoms with Gasteiger partial charge in [-0.2, -0.15) is 0 Å². The summed E-state index contributed by atoms with van der Waals surface area (Å²) in [4.78, 5) is 16.4. The Bertz CT molecular complexity index is 749. The van der Waals surface area contributed by atoms with Gasteiger partial charge in [-0.1, -0.05) is 41.9 Å². The summed E-state index contributed by atoms with van der Waals surface area (Å²) in [7, 11) is 1.81. The number of anilines is 1. The minimum absolute atomic E-state index is 0.00340. The number of nitrogens with zero attached hydrogens (tertiary/aromatic N) is 2. The highest BCUT2D eigenvalue weighted by molar-refractivity contribution is 6.30. The highest BCUT2D eigenvalue weighted by Gasteiger charge is 2.52. The van der Waals surface area contributed by atoms with Gasteiger partial charge in [0.2, 0.25) is 0 Å². The summed E-state index contributed by atoms with van der Waals surface area (Å²) in [6.07, 6.45) is 0. The van der Waals surface area contributed by atoms with E-state index in [1.54, 1.807) is 4.90 Å². The van der Waals surface area contributed by atoms with Crippen LogP contribution in [0.3, 0.4) is 0 Å². The van der Waals surface area contributed by atoms with Crippen molar-refractivity contribution in [2.24, 2.45) is 0 Å². The Morgan fingerprint density at radius 2 is 1.95 bits per heavy atom. The van der Waals surface area contributed by atoms with Gasteiger partial charge in [0.05, 0.1) is 5.69 Å². The van der Waals surface area contributed by atoms with Crippen LogP contribution in [0.25, 0.3) is 0 Å². The van der Waals surface area contributed by atoms with Crippen molar-refractivity contribution in [3.63, 3.8) is 0 Å². The SMILES string of the molecule is CN1C(=O)N2CCNC2(c2ccccc2)c2cc(Cl)ccc21. The maximum atomic E-state index is 12.8. The van der Waals surface area contributed by atoms with Crippen molar-refractivity contribution < 1.29 is 4.79 Å². The number of hydrogen-bond acceptors (Lipinski definition) is 2. The maximum absolute atomic E-state index is 12.8. The molecule has 0 spiro atoms. The van der Waals surface area contributed by atoms with Crippen molar-refractivity contribution in [3.05, 3.63) is 64.7 Å². The van der Waals surface area contributed by atoms with E-state index in [1.165, 1.54) is 0 Å². The lowest BCUT2D eigenvalue weighted by molar-refractivity contribution is 0.159. The molecule has 2 aliphatic rings. The Labute approximate surface area is 134 Å². The van der Waals surface area contributed by atoms with Crippen molar-refractivity contribution >= 4 is 23.3 Å². The van der Waals surface area contributed by atoms with E-state index in [2.05, 4.69) is 17.4 Å². The van der Waals surface area contributed by atoms with Crippen molar-refractivity contribution in [2.75, 3.05) is 25.0 Å². The maximum Gasteiger partial charge on any atom is 0.326 e. The van der Waals surface area contributed by atoms with Gasteiger partial charge in [-0.25, -0.2) is 4.79 Å². The summed E-state index contributed by atoms with van der Waals surface area (Å²) in [5.74, 6) is 0. The van der Waals surface area contributed by atoms with Crippen LogP contribution in [0.1, 0.15) is 11.1 Å². The molecule has 1 N–H and O–H groups in total. The number of halogens is 1. The molecule has 2 aromatic rings. The Kier molecular flexibility index (Phi) is 2.93. The molecule has 0 bridgehead atoms. The lowest BCUT2D eigenvalue weighted by Crippen LogP contribution is -2.59. The fourth-order valence-corrected chi connectivity index (χ4v) is 3.73. The Hall–Kier alpha value is -2.04. The number of urea groups is 1. The molecule has 2 amide bonds. The first-order chi connectivity index (χ1) is 10.6. The molecule has 4 rings (SSSR count). The fraction of sp³-hybridized carbons (Fsp3) is 0.235. The van der Waals surface area contributed by atoms with Crippen molar-refractivity contribution in [1.82, 2.24) is 10.2 Å². The van der Waals surface area contributed by atoms with E-state index in [1.807, 2.05) is 48.3 Å². The Morgan fingerprint density at radius 1 is 1.18 bits per heavy atom. The van der Waals surface area contributed by atoms with Gasteiger partial charge in [-0.15, -0.1) is 0 Å². The van der Waals surface area contributed by atoms with E-state index in [0.29, 0.717) is 11.6 Å². The van der Waals surface area contributed by atoms with E-state index >= 15 is 0 Å². The second-order valence-electron chi connectivity index (χ2n) is 5.66. The summed E-state index contributed by atoms with van der Waals surface area (Å²) in [5.41, 5.74) is 2.33. The first kappa shape index (κ1) is 13.6. The van der Waals surface area contributed by atoms with Gasteiger partial charge in [0.15, 0.2) is 0 Å². The second-order valence-corrected chi connectivity index (χ2v) is 6.09. The normalized spacial score (nSPS) is 23.5. The smallest absolute Gasteiger partial charge is 0.297 e. The van der Waals surface area contributed by atoms with E-state index in [-0.39, 0.29) is 6.03 Å². The van der Waals surface area contributed by atoms with Crippen LogP contribution in [0, 0.1) is 0 Å². The van der Waals surface area contributed by atoms with Gasteiger partial charge in [0, 0.05) is 30.7 Å². The number of nitrogens with one attached hydrogen (secondary N) is 1. The van der Waals surface area contributed by atoms with Crippen LogP contribution in [0.4, 0.5) is 10.5 Å². The van der Waals surface area contributed by atoms with Crippen LogP contribution >= 0.6 is 11.6 Å². The monoisotopic (exact) mass is 313 g/mol.